The van der Waals surface area contributed by atoms with Gasteiger partial charge in [0.05, 0.1) is 6.07 Å². The van der Waals surface area contributed by atoms with Crippen LogP contribution in [0.3, 0.4) is 0 Å². The lowest BCUT2D eigenvalue weighted by molar-refractivity contribution is 0.249. The Labute approximate surface area is 90.4 Å². The average Bonchev–Trinajstić information content (AvgIpc) is 2.14. The van der Waals surface area contributed by atoms with Crippen molar-refractivity contribution in [2.75, 3.05) is 0 Å². The normalized spacial score (nSPS) is 13.3. The largest absolute Gasteiger partial charge is 0.399 e. The number of hydrogen-bond acceptors (Lipinski definition) is 2. The molecule has 0 aliphatic heterocycles. The minimum Gasteiger partial charge on any atom is -0.399 e. The molecule has 4 heteroatoms. The highest BCUT2D eigenvalue weighted by molar-refractivity contribution is 6.69. The van der Waals surface area contributed by atoms with E-state index in [9.17, 15) is 4.39 Å². The fourth-order valence-corrected chi connectivity index (χ4v) is 2.09. The molecule has 0 aliphatic rings. The molecule has 1 aromatic rings. The molecule has 15 heavy (non-hydrogen) atoms. The van der Waals surface area contributed by atoms with Gasteiger partial charge in [-0.15, -0.1) is 0 Å². The van der Waals surface area contributed by atoms with Crippen LogP contribution in [0.15, 0.2) is 24.3 Å². The maximum atomic E-state index is 13.4. The minimum atomic E-state index is -1.84. The lowest BCUT2D eigenvalue weighted by Crippen LogP contribution is -2.27. The van der Waals surface area contributed by atoms with E-state index in [4.69, 9.17) is 9.69 Å². The van der Waals surface area contributed by atoms with Gasteiger partial charge in [0.25, 0.3) is 0 Å². The Bertz CT molecular complexity index is 381. The standard InChI is InChI=1S/C11H14FNOSi/c1-15(2,3)14-11(8-13)9-6-4-5-7-10(9)12/h4-7,11H,1-3H3/t11-/m0/s1. The summed E-state index contributed by atoms with van der Waals surface area (Å²) < 4.78 is 19.0. The molecule has 1 aromatic carbocycles. The van der Waals surface area contributed by atoms with E-state index >= 15 is 0 Å². The number of hydrogen-bond donors (Lipinski definition) is 0. The molecule has 1 atom stereocenters. The zero-order chi connectivity index (χ0) is 11.5. The Kier molecular flexibility index (Phi) is 3.61. The van der Waals surface area contributed by atoms with Crippen molar-refractivity contribution < 1.29 is 8.82 Å². The summed E-state index contributed by atoms with van der Waals surface area (Å²) in [5.74, 6) is -0.387. The van der Waals surface area contributed by atoms with E-state index in [-0.39, 0.29) is 5.82 Å². The van der Waals surface area contributed by atoms with E-state index in [1.807, 2.05) is 25.7 Å². The van der Waals surface area contributed by atoms with Crippen molar-refractivity contribution in [1.82, 2.24) is 0 Å². The first-order chi connectivity index (χ1) is 6.94. The number of halogens is 1. The van der Waals surface area contributed by atoms with Crippen LogP contribution >= 0.6 is 0 Å². The van der Waals surface area contributed by atoms with Gasteiger partial charge in [-0.25, -0.2) is 4.39 Å². The molecule has 0 N–H and O–H groups in total. The second-order valence-electron chi connectivity index (χ2n) is 4.26. The fourth-order valence-electron chi connectivity index (χ4n) is 1.20. The molecule has 0 heterocycles. The highest BCUT2D eigenvalue weighted by Crippen LogP contribution is 2.23. The van der Waals surface area contributed by atoms with Crippen molar-refractivity contribution in [3.63, 3.8) is 0 Å². The van der Waals surface area contributed by atoms with E-state index in [2.05, 4.69) is 0 Å². The molecule has 0 radical (unpaired) electrons. The molecular weight excluding hydrogens is 209 g/mol. The van der Waals surface area contributed by atoms with Gasteiger partial charge in [0.15, 0.2) is 14.4 Å². The molecule has 0 amide bonds. The Morgan fingerprint density at radius 2 is 1.93 bits per heavy atom. The molecule has 0 unspecified atom stereocenters. The summed E-state index contributed by atoms with van der Waals surface area (Å²) in [6, 6.07) is 8.22. The molecule has 1 rings (SSSR count). The van der Waals surface area contributed by atoms with Gasteiger partial charge in [-0.2, -0.15) is 5.26 Å². The maximum absolute atomic E-state index is 13.4. The van der Waals surface area contributed by atoms with E-state index in [0.717, 1.165) is 0 Å². The summed E-state index contributed by atoms with van der Waals surface area (Å²) in [7, 11) is -1.84. The monoisotopic (exact) mass is 223 g/mol. The van der Waals surface area contributed by atoms with Crippen LogP contribution in [-0.2, 0) is 4.43 Å². The second-order valence-corrected chi connectivity index (χ2v) is 8.72. The molecule has 0 saturated carbocycles. The van der Waals surface area contributed by atoms with Gasteiger partial charge in [0, 0.05) is 5.56 Å². The third-order valence-corrected chi connectivity index (χ3v) is 2.72. The van der Waals surface area contributed by atoms with Gasteiger partial charge in [-0.3, -0.25) is 0 Å². The van der Waals surface area contributed by atoms with Crippen LogP contribution < -0.4 is 0 Å². The molecule has 2 nitrogen and oxygen atoms in total. The molecule has 0 aromatic heterocycles. The predicted octanol–water partition coefficient (Wildman–Crippen LogP) is 3.24. The first kappa shape index (κ1) is 11.9. The summed E-state index contributed by atoms with van der Waals surface area (Å²) >= 11 is 0. The van der Waals surface area contributed by atoms with Crippen molar-refractivity contribution in [3.8, 4) is 6.07 Å². The van der Waals surface area contributed by atoms with E-state index in [0.29, 0.717) is 5.56 Å². The topological polar surface area (TPSA) is 33.0 Å². The predicted molar refractivity (Wildman–Crippen MR) is 59.2 cm³/mol. The van der Waals surface area contributed by atoms with Gasteiger partial charge in [0.2, 0.25) is 0 Å². The number of nitrogens with zero attached hydrogens (tertiary/aromatic N) is 1. The third kappa shape index (κ3) is 3.46. The van der Waals surface area contributed by atoms with Crippen LogP contribution in [-0.4, -0.2) is 8.32 Å². The summed E-state index contributed by atoms with van der Waals surface area (Å²) in [6.45, 7) is 5.91. The minimum absolute atomic E-state index is 0.322. The Balaban J connectivity index is 2.95. The van der Waals surface area contributed by atoms with E-state index < -0.39 is 14.4 Å². The third-order valence-electron chi connectivity index (χ3n) is 1.78. The number of nitriles is 1. The molecule has 0 aliphatic carbocycles. The average molecular weight is 223 g/mol. The Morgan fingerprint density at radius 1 is 1.33 bits per heavy atom. The molecule has 80 valence electrons. The first-order valence-corrected chi connectivity index (χ1v) is 8.17. The lowest BCUT2D eigenvalue weighted by Gasteiger charge is -2.21. The van der Waals surface area contributed by atoms with Crippen LogP contribution in [0.5, 0.6) is 0 Å². The van der Waals surface area contributed by atoms with Crippen molar-refractivity contribution in [2.24, 2.45) is 0 Å². The Hall–Kier alpha value is -1.18. The van der Waals surface area contributed by atoms with Crippen molar-refractivity contribution in [1.29, 1.82) is 5.26 Å². The van der Waals surface area contributed by atoms with Gasteiger partial charge in [-0.1, -0.05) is 18.2 Å². The van der Waals surface area contributed by atoms with Gasteiger partial charge in [-0.05, 0) is 25.7 Å². The van der Waals surface area contributed by atoms with Crippen LogP contribution in [0.2, 0.25) is 19.6 Å². The quantitative estimate of drug-likeness (QED) is 0.737. The molecule has 0 spiro atoms. The zero-order valence-corrected chi connectivity index (χ0v) is 10.1. The summed E-state index contributed by atoms with van der Waals surface area (Å²) in [4.78, 5) is 0. The molecule has 0 bridgehead atoms. The van der Waals surface area contributed by atoms with Crippen molar-refractivity contribution >= 4 is 8.32 Å². The van der Waals surface area contributed by atoms with E-state index in [1.54, 1.807) is 18.2 Å². The van der Waals surface area contributed by atoms with Gasteiger partial charge >= 0.3 is 0 Å². The summed E-state index contributed by atoms with van der Waals surface area (Å²) in [5, 5.41) is 8.95. The first-order valence-electron chi connectivity index (χ1n) is 4.76. The molecule has 0 fully saturated rings. The number of benzene rings is 1. The lowest BCUT2D eigenvalue weighted by atomic mass is 10.1. The maximum Gasteiger partial charge on any atom is 0.186 e. The van der Waals surface area contributed by atoms with Crippen molar-refractivity contribution in [2.45, 2.75) is 25.7 Å². The van der Waals surface area contributed by atoms with Crippen LogP contribution in [0.25, 0.3) is 0 Å². The van der Waals surface area contributed by atoms with Crippen LogP contribution in [0, 0.1) is 17.1 Å². The summed E-state index contributed by atoms with van der Waals surface area (Å²) in [6.07, 6.45) is -0.794. The highest BCUT2D eigenvalue weighted by atomic mass is 28.4. The van der Waals surface area contributed by atoms with Gasteiger partial charge < -0.3 is 4.43 Å². The smallest absolute Gasteiger partial charge is 0.186 e. The van der Waals surface area contributed by atoms with Crippen LogP contribution in [0.4, 0.5) is 4.39 Å². The van der Waals surface area contributed by atoms with Crippen molar-refractivity contribution in [3.05, 3.63) is 35.6 Å². The fraction of sp³-hybridized carbons (Fsp3) is 0.364. The molecular formula is C11H14FNOSi. The Morgan fingerprint density at radius 3 is 2.40 bits per heavy atom. The van der Waals surface area contributed by atoms with Crippen LogP contribution in [0.1, 0.15) is 11.7 Å². The second kappa shape index (κ2) is 4.56. The summed E-state index contributed by atoms with van der Waals surface area (Å²) in [5.41, 5.74) is 0.322. The molecule has 0 saturated heterocycles. The highest BCUT2D eigenvalue weighted by Gasteiger charge is 2.23. The SMILES string of the molecule is C[Si](C)(C)O[C@@H](C#N)c1ccccc1F. The number of rotatable bonds is 3. The van der Waals surface area contributed by atoms with E-state index in [1.165, 1.54) is 6.07 Å². The zero-order valence-electron chi connectivity index (χ0n) is 9.12. The van der Waals surface area contributed by atoms with Gasteiger partial charge in [0.1, 0.15) is 5.82 Å².